The zero-order valence-electron chi connectivity index (χ0n) is 24.5. The van der Waals surface area contributed by atoms with Gasteiger partial charge in [-0.2, -0.15) is 0 Å². The molecule has 7 nitrogen and oxygen atoms in total. The van der Waals surface area contributed by atoms with E-state index in [1.54, 1.807) is 0 Å². The zero-order chi connectivity index (χ0) is 30.1. The fourth-order valence-electron chi connectivity index (χ4n) is 6.03. The molecule has 1 aliphatic heterocycles. The van der Waals surface area contributed by atoms with Crippen molar-refractivity contribution in [1.82, 2.24) is 15.5 Å². The van der Waals surface area contributed by atoms with Crippen molar-refractivity contribution in [3.05, 3.63) is 94.0 Å². The smallest absolute Gasteiger partial charge is 0.253 e. The second kappa shape index (κ2) is 14.8. The number of aryl methyl sites for hydroxylation is 1. The summed E-state index contributed by atoms with van der Waals surface area (Å²) in [7, 11) is 1.89. The Labute approximate surface area is 253 Å². The van der Waals surface area contributed by atoms with E-state index in [2.05, 4.69) is 29.7 Å². The highest BCUT2D eigenvalue weighted by molar-refractivity contribution is 6.33. The highest BCUT2D eigenvalue weighted by Crippen LogP contribution is 2.45. The monoisotopic (exact) mass is 591 g/mol. The minimum atomic E-state index is -1.32. The van der Waals surface area contributed by atoms with Gasteiger partial charge < -0.3 is 25.7 Å². The first kappa shape index (κ1) is 31.7. The van der Waals surface area contributed by atoms with Crippen LogP contribution in [0.5, 0.6) is 0 Å². The molecule has 0 radical (unpaired) electrons. The largest absolute Gasteiger partial charge is 0.387 e. The van der Waals surface area contributed by atoms with Gasteiger partial charge in [0, 0.05) is 48.2 Å². The number of halogens is 1. The van der Waals surface area contributed by atoms with Gasteiger partial charge in [0.1, 0.15) is 6.61 Å². The molecule has 0 saturated carbocycles. The second-order valence-corrected chi connectivity index (χ2v) is 11.5. The van der Waals surface area contributed by atoms with Crippen molar-refractivity contribution in [2.75, 3.05) is 33.3 Å². The van der Waals surface area contributed by atoms with Crippen molar-refractivity contribution >= 4 is 23.4 Å². The molecule has 8 heteroatoms. The molecule has 4 rings (SSSR count). The highest BCUT2D eigenvalue weighted by Gasteiger charge is 2.43. The van der Waals surface area contributed by atoms with Gasteiger partial charge in [0.25, 0.3) is 5.91 Å². The standard InChI is InChI=1S/C34H42ClN3O4/c1-3-24-8-4-9-27(20-24)32-29(11-5-12-30(32)35)34(42,17-7-18-37-31(40)23-39)28-10-6-19-38(22-28)33(41)26-15-13-25(14-16-26)21-36-2/h4-5,8-9,11-16,20,28,36,39,42H,3,6-7,10,17-19,21-23H2,1-2H3,(H,37,40). The van der Waals surface area contributed by atoms with Crippen LogP contribution in [-0.4, -0.2) is 60.2 Å². The molecule has 1 saturated heterocycles. The third-order valence-corrected chi connectivity index (χ3v) is 8.59. The van der Waals surface area contributed by atoms with E-state index in [-0.39, 0.29) is 11.8 Å². The number of benzene rings is 3. The molecule has 3 aromatic rings. The number of likely N-dealkylation sites (tertiary alicyclic amines) is 1. The van der Waals surface area contributed by atoms with Crippen molar-refractivity contribution in [2.24, 2.45) is 5.92 Å². The summed E-state index contributed by atoms with van der Waals surface area (Å²) in [5.41, 5.74) is 4.05. The Morgan fingerprint density at radius 1 is 1.07 bits per heavy atom. The molecule has 0 bridgehead atoms. The molecule has 0 aliphatic carbocycles. The van der Waals surface area contributed by atoms with Crippen LogP contribution in [-0.2, 0) is 23.4 Å². The average molecular weight is 592 g/mol. The number of nitrogens with zero attached hydrogens (tertiary/aromatic N) is 1. The Morgan fingerprint density at radius 3 is 2.55 bits per heavy atom. The summed E-state index contributed by atoms with van der Waals surface area (Å²) in [4.78, 5) is 27.1. The summed E-state index contributed by atoms with van der Waals surface area (Å²) < 4.78 is 0. The van der Waals surface area contributed by atoms with Crippen LogP contribution in [0.4, 0.5) is 0 Å². The van der Waals surface area contributed by atoms with Crippen LogP contribution in [0.15, 0.2) is 66.7 Å². The van der Waals surface area contributed by atoms with Crippen LogP contribution in [0.25, 0.3) is 11.1 Å². The van der Waals surface area contributed by atoms with Crippen molar-refractivity contribution < 1.29 is 19.8 Å². The molecule has 1 aliphatic rings. The Bertz CT molecular complexity index is 1360. The number of rotatable bonds is 12. The van der Waals surface area contributed by atoms with Crippen LogP contribution < -0.4 is 10.6 Å². The molecule has 1 fully saturated rings. The Kier molecular flexibility index (Phi) is 11.2. The zero-order valence-corrected chi connectivity index (χ0v) is 25.3. The minimum Gasteiger partial charge on any atom is -0.387 e. The molecule has 2 atom stereocenters. The molecule has 0 aromatic heterocycles. The van der Waals surface area contributed by atoms with Gasteiger partial charge in [-0.15, -0.1) is 0 Å². The maximum Gasteiger partial charge on any atom is 0.253 e. The van der Waals surface area contributed by atoms with E-state index in [0.29, 0.717) is 43.1 Å². The van der Waals surface area contributed by atoms with Crippen molar-refractivity contribution in [3.8, 4) is 11.1 Å². The van der Waals surface area contributed by atoms with Gasteiger partial charge >= 0.3 is 0 Å². The first-order valence-electron chi connectivity index (χ1n) is 14.8. The summed E-state index contributed by atoms with van der Waals surface area (Å²) in [5.74, 6) is -0.748. The first-order chi connectivity index (χ1) is 20.3. The van der Waals surface area contributed by atoms with E-state index in [4.69, 9.17) is 16.7 Å². The number of amides is 2. The van der Waals surface area contributed by atoms with Gasteiger partial charge in [0.15, 0.2) is 0 Å². The Morgan fingerprint density at radius 2 is 1.83 bits per heavy atom. The molecule has 4 N–H and O–H groups in total. The SMILES string of the molecule is CCc1cccc(-c2c(Cl)cccc2C(O)(CCCNC(=O)CO)C2CCCN(C(=O)c3ccc(CNC)cc3)C2)c1. The fourth-order valence-corrected chi connectivity index (χ4v) is 6.31. The van der Waals surface area contributed by atoms with E-state index in [1.807, 2.05) is 66.5 Å². The van der Waals surface area contributed by atoms with E-state index >= 15 is 0 Å². The lowest BCUT2D eigenvalue weighted by atomic mass is 9.72. The summed E-state index contributed by atoms with van der Waals surface area (Å²) >= 11 is 6.86. The molecule has 1 heterocycles. The molecule has 2 amide bonds. The van der Waals surface area contributed by atoms with E-state index in [0.717, 1.165) is 48.1 Å². The van der Waals surface area contributed by atoms with E-state index < -0.39 is 18.1 Å². The Hall–Kier alpha value is -3.23. The third-order valence-electron chi connectivity index (χ3n) is 8.27. The van der Waals surface area contributed by atoms with Gasteiger partial charge in [-0.05, 0) is 79.6 Å². The van der Waals surface area contributed by atoms with Crippen LogP contribution in [0, 0.1) is 5.92 Å². The van der Waals surface area contributed by atoms with Gasteiger partial charge in [0.2, 0.25) is 5.91 Å². The normalized spacial score (nSPS) is 16.6. The lowest BCUT2D eigenvalue weighted by Crippen LogP contribution is -2.48. The first-order valence-corrected chi connectivity index (χ1v) is 15.2. The van der Waals surface area contributed by atoms with Gasteiger partial charge in [-0.25, -0.2) is 0 Å². The number of aliphatic hydroxyl groups is 2. The summed E-state index contributed by atoms with van der Waals surface area (Å²) in [6.45, 7) is 3.60. The predicted molar refractivity (Wildman–Crippen MR) is 167 cm³/mol. The van der Waals surface area contributed by atoms with Crippen LogP contribution in [0.2, 0.25) is 5.02 Å². The number of piperidine rings is 1. The quantitative estimate of drug-likeness (QED) is 0.224. The molecular weight excluding hydrogens is 550 g/mol. The van der Waals surface area contributed by atoms with Crippen molar-refractivity contribution in [3.63, 3.8) is 0 Å². The van der Waals surface area contributed by atoms with Crippen molar-refractivity contribution in [2.45, 2.75) is 51.2 Å². The summed E-state index contributed by atoms with van der Waals surface area (Å²) in [6.07, 6.45) is 3.22. The second-order valence-electron chi connectivity index (χ2n) is 11.1. The number of hydrogen-bond donors (Lipinski definition) is 4. The topological polar surface area (TPSA) is 102 Å². The lowest BCUT2D eigenvalue weighted by molar-refractivity contribution is -0.123. The van der Waals surface area contributed by atoms with Gasteiger partial charge in [0.05, 0.1) is 5.60 Å². The van der Waals surface area contributed by atoms with Gasteiger partial charge in [-0.1, -0.05) is 67.1 Å². The number of carbonyl (C=O) groups excluding carboxylic acids is 2. The fraction of sp³-hybridized carbons (Fsp3) is 0.412. The molecule has 224 valence electrons. The van der Waals surface area contributed by atoms with Gasteiger partial charge in [-0.3, -0.25) is 9.59 Å². The average Bonchev–Trinajstić information content (AvgIpc) is 3.03. The number of carbonyl (C=O) groups is 2. The molecule has 3 aromatic carbocycles. The predicted octanol–water partition coefficient (Wildman–Crippen LogP) is 4.92. The molecule has 42 heavy (non-hydrogen) atoms. The summed E-state index contributed by atoms with van der Waals surface area (Å²) in [5, 5.41) is 28.2. The number of nitrogens with one attached hydrogen (secondary N) is 2. The highest BCUT2D eigenvalue weighted by atomic mass is 35.5. The summed E-state index contributed by atoms with van der Waals surface area (Å²) in [6, 6.07) is 21.5. The lowest BCUT2D eigenvalue weighted by Gasteiger charge is -2.44. The third kappa shape index (κ3) is 7.39. The number of aliphatic hydroxyl groups excluding tert-OH is 1. The number of hydrogen-bond acceptors (Lipinski definition) is 5. The maximum atomic E-state index is 13.6. The van der Waals surface area contributed by atoms with Crippen LogP contribution >= 0.6 is 11.6 Å². The van der Waals surface area contributed by atoms with E-state index in [9.17, 15) is 14.7 Å². The van der Waals surface area contributed by atoms with Crippen LogP contribution in [0.1, 0.15) is 59.7 Å². The Balaban J connectivity index is 1.69. The minimum absolute atomic E-state index is 0.0461. The molecule has 2 unspecified atom stereocenters. The van der Waals surface area contributed by atoms with Crippen molar-refractivity contribution in [1.29, 1.82) is 0 Å². The molecular formula is C34H42ClN3O4. The molecule has 0 spiro atoms. The van der Waals surface area contributed by atoms with E-state index in [1.165, 1.54) is 5.56 Å². The van der Waals surface area contributed by atoms with Crippen LogP contribution in [0.3, 0.4) is 0 Å². The maximum absolute atomic E-state index is 13.6.